The van der Waals surface area contributed by atoms with Crippen LogP contribution in [0.15, 0.2) is 23.2 Å². The first-order valence-electron chi connectivity index (χ1n) is 9.48. The molecule has 0 amide bonds. The first-order valence-corrected chi connectivity index (χ1v) is 9.48. The van der Waals surface area contributed by atoms with Crippen LogP contribution in [0.25, 0.3) is 0 Å². The maximum absolute atomic E-state index is 13.5. The smallest absolute Gasteiger partial charge is 0.191 e. The topological polar surface area (TPSA) is 58.1 Å². The van der Waals surface area contributed by atoms with Crippen LogP contribution in [0.5, 0.6) is 5.75 Å². The van der Waals surface area contributed by atoms with Gasteiger partial charge in [-0.15, -0.1) is 24.0 Å². The standard InChI is InChI=1S/C19H30F2N4O2.HI/c1-3-22-19(24-13-15(2)14-25-7-10-26-11-8-25)23-6-9-27-18-5-4-16(20)12-17(18)21;/h4-5,12,15H,3,6-11,13-14H2,1-2H3,(H2,22,23,24);1H. The van der Waals surface area contributed by atoms with Crippen LogP contribution in [0.2, 0.25) is 0 Å². The zero-order valence-corrected chi connectivity index (χ0v) is 18.9. The van der Waals surface area contributed by atoms with E-state index in [1.54, 1.807) is 0 Å². The van der Waals surface area contributed by atoms with E-state index in [1.807, 2.05) is 6.92 Å². The minimum absolute atomic E-state index is 0. The van der Waals surface area contributed by atoms with Gasteiger partial charge in [0.25, 0.3) is 0 Å². The summed E-state index contributed by atoms with van der Waals surface area (Å²) in [5, 5.41) is 6.35. The third kappa shape index (κ3) is 9.33. The second-order valence-electron chi connectivity index (χ2n) is 6.59. The van der Waals surface area contributed by atoms with Crippen LogP contribution in [-0.4, -0.2) is 69.9 Å². The monoisotopic (exact) mass is 512 g/mol. The SMILES string of the molecule is CCNC(=NCC(C)CN1CCOCC1)NCCOc1ccc(F)cc1F.I. The Morgan fingerprint density at radius 1 is 1.29 bits per heavy atom. The van der Waals surface area contributed by atoms with Crippen molar-refractivity contribution in [2.75, 3.05) is 59.1 Å². The van der Waals surface area contributed by atoms with Gasteiger partial charge in [-0.2, -0.15) is 0 Å². The Labute approximate surface area is 183 Å². The number of benzene rings is 1. The van der Waals surface area contributed by atoms with Gasteiger partial charge in [-0.05, 0) is 25.0 Å². The van der Waals surface area contributed by atoms with E-state index < -0.39 is 11.6 Å². The number of hydrogen-bond acceptors (Lipinski definition) is 4. The highest BCUT2D eigenvalue weighted by molar-refractivity contribution is 14.0. The molecule has 1 aromatic rings. The molecule has 1 atom stereocenters. The number of nitrogens with zero attached hydrogens (tertiary/aromatic N) is 2. The predicted octanol–water partition coefficient (Wildman–Crippen LogP) is 2.49. The highest BCUT2D eigenvalue weighted by Crippen LogP contribution is 2.17. The first-order chi connectivity index (χ1) is 13.1. The van der Waals surface area contributed by atoms with Crippen LogP contribution in [0.4, 0.5) is 8.78 Å². The number of halogens is 3. The molecule has 0 aliphatic carbocycles. The van der Waals surface area contributed by atoms with E-state index in [1.165, 1.54) is 12.1 Å². The van der Waals surface area contributed by atoms with Gasteiger partial charge in [0.2, 0.25) is 0 Å². The van der Waals surface area contributed by atoms with Crippen molar-refractivity contribution >= 4 is 29.9 Å². The van der Waals surface area contributed by atoms with E-state index in [0.717, 1.165) is 45.5 Å². The third-order valence-corrected chi connectivity index (χ3v) is 4.12. The predicted molar refractivity (Wildman–Crippen MR) is 118 cm³/mol. The van der Waals surface area contributed by atoms with Gasteiger partial charge in [0.15, 0.2) is 17.5 Å². The van der Waals surface area contributed by atoms with Crippen molar-refractivity contribution in [3.63, 3.8) is 0 Å². The summed E-state index contributed by atoms with van der Waals surface area (Å²) < 4.78 is 37.1. The fourth-order valence-corrected chi connectivity index (χ4v) is 2.79. The van der Waals surface area contributed by atoms with Gasteiger partial charge in [-0.1, -0.05) is 6.92 Å². The van der Waals surface area contributed by atoms with Gasteiger partial charge in [-0.3, -0.25) is 9.89 Å². The zero-order valence-electron chi connectivity index (χ0n) is 16.5. The van der Waals surface area contributed by atoms with Crippen molar-refractivity contribution in [2.24, 2.45) is 10.9 Å². The van der Waals surface area contributed by atoms with Crippen LogP contribution in [0.3, 0.4) is 0 Å². The fourth-order valence-electron chi connectivity index (χ4n) is 2.79. The Morgan fingerprint density at radius 2 is 2.04 bits per heavy atom. The van der Waals surface area contributed by atoms with Crippen LogP contribution < -0.4 is 15.4 Å². The average Bonchev–Trinajstić information content (AvgIpc) is 2.65. The number of nitrogens with one attached hydrogen (secondary N) is 2. The molecule has 1 heterocycles. The molecular formula is C19H31F2IN4O2. The lowest BCUT2D eigenvalue weighted by molar-refractivity contribution is 0.0323. The van der Waals surface area contributed by atoms with Crippen molar-refractivity contribution in [3.05, 3.63) is 29.8 Å². The number of guanidine groups is 1. The van der Waals surface area contributed by atoms with Gasteiger partial charge in [0.05, 0.1) is 19.8 Å². The molecule has 2 N–H and O–H groups in total. The van der Waals surface area contributed by atoms with Gasteiger partial charge in [-0.25, -0.2) is 8.78 Å². The highest BCUT2D eigenvalue weighted by Gasteiger charge is 2.13. The maximum Gasteiger partial charge on any atom is 0.191 e. The van der Waals surface area contributed by atoms with E-state index in [4.69, 9.17) is 9.47 Å². The van der Waals surface area contributed by atoms with Crippen molar-refractivity contribution in [2.45, 2.75) is 13.8 Å². The van der Waals surface area contributed by atoms with Crippen molar-refractivity contribution in [1.29, 1.82) is 0 Å². The lowest BCUT2D eigenvalue weighted by atomic mass is 10.1. The van der Waals surface area contributed by atoms with E-state index in [2.05, 4.69) is 27.4 Å². The normalized spacial score (nSPS) is 16.2. The molecule has 0 saturated carbocycles. The van der Waals surface area contributed by atoms with Crippen LogP contribution in [0, 0.1) is 17.6 Å². The van der Waals surface area contributed by atoms with Gasteiger partial charge >= 0.3 is 0 Å². The Balaban J connectivity index is 0.00000392. The summed E-state index contributed by atoms with van der Waals surface area (Å²) >= 11 is 0. The number of aliphatic imine (C=N–C) groups is 1. The lowest BCUT2D eigenvalue weighted by Gasteiger charge is -2.28. The summed E-state index contributed by atoms with van der Waals surface area (Å²) in [6, 6.07) is 3.27. The molecule has 0 radical (unpaired) electrons. The molecule has 9 heteroatoms. The number of hydrogen-bond donors (Lipinski definition) is 2. The number of ether oxygens (including phenoxy) is 2. The van der Waals surface area contributed by atoms with Crippen molar-refractivity contribution < 1.29 is 18.3 Å². The molecule has 0 spiro atoms. The molecule has 1 aromatic carbocycles. The Hall–Kier alpha value is -1.20. The molecule has 1 fully saturated rings. The molecule has 1 aliphatic heterocycles. The largest absolute Gasteiger partial charge is 0.489 e. The lowest BCUT2D eigenvalue weighted by Crippen LogP contribution is -2.41. The second-order valence-corrected chi connectivity index (χ2v) is 6.59. The van der Waals surface area contributed by atoms with Gasteiger partial charge in [0, 0.05) is 38.8 Å². The van der Waals surface area contributed by atoms with Crippen LogP contribution in [0.1, 0.15) is 13.8 Å². The molecule has 2 rings (SSSR count). The summed E-state index contributed by atoms with van der Waals surface area (Å²) in [5.74, 6) is -0.143. The maximum atomic E-state index is 13.5. The summed E-state index contributed by atoms with van der Waals surface area (Å²) in [4.78, 5) is 7.01. The fraction of sp³-hybridized carbons (Fsp3) is 0.632. The molecule has 0 bridgehead atoms. The highest BCUT2D eigenvalue weighted by atomic mass is 127. The summed E-state index contributed by atoms with van der Waals surface area (Å²) in [7, 11) is 0. The van der Waals surface area contributed by atoms with E-state index in [0.29, 0.717) is 25.0 Å². The molecule has 0 aromatic heterocycles. The number of rotatable bonds is 9. The van der Waals surface area contributed by atoms with Crippen molar-refractivity contribution in [1.82, 2.24) is 15.5 Å². The summed E-state index contributed by atoms with van der Waals surface area (Å²) in [6.45, 7) is 10.9. The second kappa shape index (κ2) is 13.9. The molecule has 1 saturated heterocycles. The Kier molecular flexibility index (Phi) is 12.3. The quantitative estimate of drug-likeness (QED) is 0.231. The van der Waals surface area contributed by atoms with E-state index in [-0.39, 0.29) is 36.3 Å². The third-order valence-electron chi connectivity index (χ3n) is 4.12. The molecule has 160 valence electrons. The molecule has 28 heavy (non-hydrogen) atoms. The average molecular weight is 512 g/mol. The Bertz CT molecular complexity index is 601. The molecule has 1 aliphatic rings. The first kappa shape index (κ1) is 24.8. The van der Waals surface area contributed by atoms with E-state index in [9.17, 15) is 8.78 Å². The zero-order chi connectivity index (χ0) is 19.5. The number of morpholine rings is 1. The molecule has 1 unspecified atom stereocenters. The van der Waals surface area contributed by atoms with Crippen LogP contribution >= 0.6 is 24.0 Å². The summed E-state index contributed by atoms with van der Waals surface area (Å²) in [6.07, 6.45) is 0. The van der Waals surface area contributed by atoms with E-state index >= 15 is 0 Å². The van der Waals surface area contributed by atoms with Crippen LogP contribution in [-0.2, 0) is 4.74 Å². The minimum Gasteiger partial charge on any atom is -0.489 e. The summed E-state index contributed by atoms with van der Waals surface area (Å²) in [5.41, 5.74) is 0. The van der Waals surface area contributed by atoms with Gasteiger partial charge < -0.3 is 20.1 Å². The van der Waals surface area contributed by atoms with Gasteiger partial charge in [0.1, 0.15) is 12.4 Å². The minimum atomic E-state index is -0.701. The molecule has 6 nitrogen and oxygen atoms in total. The Morgan fingerprint density at radius 3 is 2.71 bits per heavy atom. The molecular weight excluding hydrogens is 481 g/mol. The van der Waals surface area contributed by atoms with Crippen molar-refractivity contribution in [3.8, 4) is 5.75 Å².